The second kappa shape index (κ2) is 9.84. The van der Waals surface area contributed by atoms with Crippen LogP contribution in [0.25, 0.3) is 10.2 Å². The van der Waals surface area contributed by atoms with Crippen molar-refractivity contribution in [2.45, 2.75) is 45.7 Å². The minimum atomic E-state index is -0.350. The number of rotatable bonds is 6. The van der Waals surface area contributed by atoms with Gasteiger partial charge in [0.15, 0.2) is 11.5 Å². The molecule has 0 saturated carbocycles. The summed E-state index contributed by atoms with van der Waals surface area (Å²) in [6, 6.07) is 5.24. The number of amides is 2. The average Bonchev–Trinajstić information content (AvgIpc) is 3.18. The number of carbonyl (C=O) groups excluding carboxylic acids is 2. The summed E-state index contributed by atoms with van der Waals surface area (Å²) < 4.78 is 11.9. The Bertz CT molecular complexity index is 1300. The van der Waals surface area contributed by atoms with Crippen molar-refractivity contribution in [3.05, 3.63) is 45.3 Å². The smallest absolute Gasteiger partial charge is 0.266 e. The molecule has 10 heteroatoms. The maximum Gasteiger partial charge on any atom is 0.266 e. The second-order valence-electron chi connectivity index (χ2n) is 8.37. The van der Waals surface area contributed by atoms with Gasteiger partial charge in [-0.15, -0.1) is 11.3 Å². The van der Waals surface area contributed by atoms with E-state index in [1.54, 1.807) is 25.1 Å². The molecule has 1 aliphatic rings. The Balaban J connectivity index is 1.59. The lowest BCUT2D eigenvalue weighted by Gasteiger charge is -2.33. The first-order valence-corrected chi connectivity index (χ1v) is 12.0. The van der Waals surface area contributed by atoms with Crippen molar-refractivity contribution in [2.75, 3.05) is 26.1 Å². The number of hydrogen-bond acceptors (Lipinski definition) is 7. The number of carbonyl (C=O) groups is 2. The molecule has 0 unspecified atom stereocenters. The van der Waals surface area contributed by atoms with E-state index in [4.69, 9.17) is 9.47 Å². The summed E-state index contributed by atoms with van der Waals surface area (Å²) in [5.41, 5.74) is 0.761. The third kappa shape index (κ3) is 4.50. The summed E-state index contributed by atoms with van der Waals surface area (Å²) in [6.07, 6.45) is 4.45. The lowest BCUT2D eigenvalue weighted by Crippen LogP contribution is -2.44. The molecular weight excluding hydrogens is 456 g/mol. The highest BCUT2D eigenvalue weighted by molar-refractivity contribution is 7.20. The molecule has 0 spiro atoms. The number of ether oxygens (including phenoxy) is 2. The number of nitrogens with zero attached hydrogens (tertiary/aromatic N) is 3. The molecule has 0 radical (unpaired) electrons. The highest BCUT2D eigenvalue weighted by atomic mass is 32.1. The van der Waals surface area contributed by atoms with Gasteiger partial charge in [-0.1, -0.05) is 0 Å². The Morgan fingerprint density at radius 3 is 2.68 bits per heavy atom. The van der Waals surface area contributed by atoms with Crippen LogP contribution in [0.4, 0.5) is 5.69 Å². The Hall–Kier alpha value is -3.40. The zero-order valence-electron chi connectivity index (χ0n) is 19.7. The molecular formula is C24H28N4O5S. The van der Waals surface area contributed by atoms with Crippen molar-refractivity contribution in [1.29, 1.82) is 0 Å². The van der Waals surface area contributed by atoms with Crippen LogP contribution in [0, 0.1) is 6.92 Å². The largest absolute Gasteiger partial charge is 0.493 e. The first-order chi connectivity index (χ1) is 16.3. The van der Waals surface area contributed by atoms with Crippen LogP contribution >= 0.6 is 11.3 Å². The predicted molar refractivity (Wildman–Crippen MR) is 131 cm³/mol. The fourth-order valence-electron chi connectivity index (χ4n) is 4.30. The number of benzene rings is 1. The van der Waals surface area contributed by atoms with Crippen LogP contribution in [0.15, 0.2) is 29.3 Å². The summed E-state index contributed by atoms with van der Waals surface area (Å²) >= 11 is 1.15. The number of likely N-dealkylation sites (tertiary alicyclic amines) is 1. The summed E-state index contributed by atoms with van der Waals surface area (Å²) in [5.74, 6) is 0.606. The van der Waals surface area contributed by atoms with E-state index in [2.05, 4.69) is 10.3 Å². The second-order valence-corrected chi connectivity index (χ2v) is 9.37. The van der Waals surface area contributed by atoms with Crippen molar-refractivity contribution >= 4 is 39.1 Å². The summed E-state index contributed by atoms with van der Waals surface area (Å²) in [5, 5.41) is 3.20. The Labute approximate surface area is 201 Å². The minimum Gasteiger partial charge on any atom is -0.493 e. The fraction of sp³-hybridized carbons (Fsp3) is 0.417. The number of hydrogen-bond donors (Lipinski definition) is 1. The first kappa shape index (κ1) is 23.7. The van der Waals surface area contributed by atoms with E-state index in [9.17, 15) is 14.4 Å². The molecule has 4 rings (SSSR count). The van der Waals surface area contributed by atoms with Crippen LogP contribution in [-0.2, 0) is 11.3 Å². The van der Waals surface area contributed by atoms with Crippen molar-refractivity contribution in [3.63, 3.8) is 0 Å². The Morgan fingerprint density at radius 1 is 1.21 bits per heavy atom. The molecule has 9 nitrogen and oxygen atoms in total. The van der Waals surface area contributed by atoms with Gasteiger partial charge in [0.05, 0.1) is 30.8 Å². The topological polar surface area (TPSA) is 103 Å². The van der Waals surface area contributed by atoms with Gasteiger partial charge in [0.1, 0.15) is 11.4 Å². The first-order valence-electron chi connectivity index (χ1n) is 11.2. The minimum absolute atomic E-state index is 0.0609. The molecule has 1 aromatic carbocycles. The molecule has 2 amide bonds. The molecule has 3 aromatic rings. The van der Waals surface area contributed by atoms with Crippen LogP contribution in [0.1, 0.15) is 41.4 Å². The van der Waals surface area contributed by atoms with Gasteiger partial charge in [0.25, 0.3) is 11.5 Å². The Morgan fingerprint density at radius 2 is 1.97 bits per heavy atom. The van der Waals surface area contributed by atoms with E-state index >= 15 is 0 Å². The fourth-order valence-corrected chi connectivity index (χ4v) is 5.33. The van der Waals surface area contributed by atoms with E-state index in [-0.39, 0.29) is 30.0 Å². The predicted octanol–water partition coefficient (Wildman–Crippen LogP) is 3.44. The van der Waals surface area contributed by atoms with Crippen molar-refractivity contribution in [3.8, 4) is 11.5 Å². The number of thiophene rings is 1. The van der Waals surface area contributed by atoms with Gasteiger partial charge in [-0.25, -0.2) is 4.98 Å². The molecule has 2 aromatic heterocycles. The van der Waals surface area contributed by atoms with E-state index < -0.39 is 0 Å². The SMILES string of the molecule is COc1ccc(NC(=O)c2sc3ncn(CC(=O)N4CCCC[C@H]4C)c(=O)c3c2C)cc1OC. The Kier molecular flexibility index (Phi) is 6.87. The highest BCUT2D eigenvalue weighted by Crippen LogP contribution is 2.31. The van der Waals surface area contributed by atoms with Crippen molar-refractivity contribution < 1.29 is 19.1 Å². The van der Waals surface area contributed by atoms with Gasteiger partial charge < -0.3 is 19.7 Å². The number of anilines is 1. The zero-order valence-corrected chi connectivity index (χ0v) is 20.5. The van der Waals surface area contributed by atoms with E-state index in [0.717, 1.165) is 30.6 Å². The number of aryl methyl sites for hydroxylation is 1. The standard InChI is InChI=1S/C24H28N4O5S/c1-14-7-5-6-10-28(14)19(29)12-27-13-25-23-20(24(27)31)15(2)21(34-23)22(30)26-16-8-9-17(32-3)18(11-16)33-4/h8-9,11,13-14H,5-7,10,12H2,1-4H3,(H,26,30)/t14-/m1/s1. The zero-order chi connectivity index (χ0) is 24.4. The molecule has 34 heavy (non-hydrogen) atoms. The van der Waals surface area contributed by atoms with Crippen molar-refractivity contribution in [2.24, 2.45) is 0 Å². The molecule has 1 atom stereocenters. The number of piperidine rings is 1. The number of nitrogens with one attached hydrogen (secondary N) is 1. The number of methoxy groups -OCH3 is 2. The van der Waals surface area contributed by atoms with Crippen LogP contribution in [-0.4, -0.2) is 53.1 Å². The van der Waals surface area contributed by atoms with Crippen LogP contribution in [0.3, 0.4) is 0 Å². The lowest BCUT2D eigenvalue weighted by atomic mass is 10.0. The molecule has 180 valence electrons. The third-order valence-electron chi connectivity index (χ3n) is 6.19. The molecule has 1 aliphatic heterocycles. The normalized spacial score (nSPS) is 15.9. The number of fused-ring (bicyclic) bond motifs is 1. The molecule has 3 heterocycles. The number of aromatic nitrogens is 2. The molecule has 0 aliphatic carbocycles. The maximum atomic E-state index is 13.2. The van der Waals surface area contributed by atoms with E-state index in [1.807, 2.05) is 11.8 Å². The van der Waals surface area contributed by atoms with Gasteiger partial charge in [0, 0.05) is 24.3 Å². The van der Waals surface area contributed by atoms with Crippen LogP contribution < -0.4 is 20.3 Å². The average molecular weight is 485 g/mol. The van der Waals surface area contributed by atoms with E-state index in [1.165, 1.54) is 25.1 Å². The van der Waals surface area contributed by atoms with E-state index in [0.29, 0.717) is 44.4 Å². The third-order valence-corrected chi connectivity index (χ3v) is 7.39. The van der Waals surface area contributed by atoms with Gasteiger partial charge >= 0.3 is 0 Å². The molecule has 1 fully saturated rings. The quantitative estimate of drug-likeness (QED) is 0.575. The van der Waals surface area contributed by atoms with Crippen molar-refractivity contribution in [1.82, 2.24) is 14.5 Å². The molecule has 0 bridgehead atoms. The summed E-state index contributed by atoms with van der Waals surface area (Å²) in [6.45, 7) is 4.41. The van der Waals surface area contributed by atoms with Gasteiger partial charge in [-0.3, -0.25) is 19.0 Å². The van der Waals surface area contributed by atoms with Gasteiger partial charge in [-0.2, -0.15) is 0 Å². The monoisotopic (exact) mass is 484 g/mol. The summed E-state index contributed by atoms with van der Waals surface area (Å²) in [4.78, 5) is 46.1. The lowest BCUT2D eigenvalue weighted by molar-refractivity contribution is -0.135. The molecule has 1 saturated heterocycles. The van der Waals surface area contributed by atoms with Crippen LogP contribution in [0.5, 0.6) is 11.5 Å². The summed E-state index contributed by atoms with van der Waals surface area (Å²) in [7, 11) is 3.06. The van der Waals surface area contributed by atoms with Gasteiger partial charge in [-0.05, 0) is 50.8 Å². The van der Waals surface area contributed by atoms with Gasteiger partial charge in [0.2, 0.25) is 5.91 Å². The highest BCUT2D eigenvalue weighted by Gasteiger charge is 2.25. The molecule has 1 N–H and O–H groups in total. The van der Waals surface area contributed by atoms with Crippen LogP contribution in [0.2, 0.25) is 0 Å². The maximum absolute atomic E-state index is 13.2.